The molecule has 2 aliphatic rings. The normalized spacial score (nSPS) is 40.9. The van der Waals surface area contributed by atoms with Crippen molar-refractivity contribution in [3.8, 4) is 0 Å². The molecule has 0 N–H and O–H groups in total. The van der Waals surface area contributed by atoms with Crippen LogP contribution in [0.1, 0.15) is 0 Å². The molecule has 0 bridgehead atoms. The summed E-state index contributed by atoms with van der Waals surface area (Å²) in [6, 6.07) is 0. The van der Waals surface area contributed by atoms with Gasteiger partial charge < -0.3 is 14.2 Å². The van der Waals surface area contributed by atoms with Crippen LogP contribution in [-0.4, -0.2) is 37.3 Å². The van der Waals surface area contributed by atoms with Gasteiger partial charge in [0, 0.05) is 12.9 Å². The van der Waals surface area contributed by atoms with E-state index in [0.29, 0.717) is 0 Å². The standard InChI is InChI=1S/C8H12O3S/c1-9-7-2-3-8(11-7)6-12-5-4-10-8/h2-3,7H,4-6H2,1H3. The summed E-state index contributed by atoms with van der Waals surface area (Å²) in [6.07, 6.45) is 3.61. The molecule has 0 radical (unpaired) electrons. The molecule has 1 saturated heterocycles. The van der Waals surface area contributed by atoms with Crippen LogP contribution in [0, 0.1) is 0 Å². The molecule has 68 valence electrons. The van der Waals surface area contributed by atoms with Crippen molar-refractivity contribution in [1.29, 1.82) is 0 Å². The number of hydrogen-bond acceptors (Lipinski definition) is 4. The predicted octanol–water partition coefficient (Wildman–Crippen LogP) is 1.00. The Labute approximate surface area is 76.1 Å². The van der Waals surface area contributed by atoms with Gasteiger partial charge in [-0.1, -0.05) is 0 Å². The van der Waals surface area contributed by atoms with Gasteiger partial charge in [-0.15, -0.1) is 0 Å². The Kier molecular flexibility index (Phi) is 2.41. The highest BCUT2D eigenvalue weighted by Gasteiger charge is 2.38. The van der Waals surface area contributed by atoms with Crippen LogP contribution in [0.2, 0.25) is 0 Å². The van der Waals surface area contributed by atoms with E-state index < -0.39 is 5.79 Å². The molecule has 0 amide bonds. The maximum Gasteiger partial charge on any atom is 0.200 e. The number of hydrogen-bond donors (Lipinski definition) is 0. The zero-order chi connectivity index (χ0) is 8.44. The van der Waals surface area contributed by atoms with Crippen LogP contribution in [0.4, 0.5) is 0 Å². The fourth-order valence-electron chi connectivity index (χ4n) is 1.32. The zero-order valence-corrected chi connectivity index (χ0v) is 7.80. The number of rotatable bonds is 1. The SMILES string of the molecule is COC1C=CC2(CSCCO2)O1. The molecular formula is C8H12O3S. The van der Waals surface area contributed by atoms with Crippen molar-refractivity contribution >= 4 is 11.8 Å². The summed E-state index contributed by atoms with van der Waals surface area (Å²) in [4.78, 5) is 0. The summed E-state index contributed by atoms with van der Waals surface area (Å²) in [7, 11) is 1.63. The number of ether oxygens (including phenoxy) is 3. The lowest BCUT2D eigenvalue weighted by atomic mass is 10.3. The van der Waals surface area contributed by atoms with Gasteiger partial charge in [-0.3, -0.25) is 0 Å². The molecular weight excluding hydrogens is 176 g/mol. The van der Waals surface area contributed by atoms with Gasteiger partial charge in [-0.05, 0) is 12.2 Å². The average molecular weight is 188 g/mol. The van der Waals surface area contributed by atoms with E-state index in [1.165, 1.54) is 0 Å². The first-order valence-corrected chi connectivity index (χ1v) is 5.12. The molecule has 0 aromatic carbocycles. The molecule has 0 aliphatic carbocycles. The smallest absolute Gasteiger partial charge is 0.200 e. The third-order valence-corrected chi connectivity index (χ3v) is 2.99. The van der Waals surface area contributed by atoms with Crippen molar-refractivity contribution in [2.75, 3.05) is 25.2 Å². The predicted molar refractivity (Wildman–Crippen MR) is 47.0 cm³/mol. The van der Waals surface area contributed by atoms with Crippen molar-refractivity contribution < 1.29 is 14.2 Å². The van der Waals surface area contributed by atoms with Crippen molar-refractivity contribution in [2.45, 2.75) is 12.1 Å². The van der Waals surface area contributed by atoms with Crippen LogP contribution in [0.25, 0.3) is 0 Å². The van der Waals surface area contributed by atoms with E-state index in [1.807, 2.05) is 23.9 Å². The van der Waals surface area contributed by atoms with Gasteiger partial charge in [-0.25, -0.2) is 0 Å². The second kappa shape index (κ2) is 3.38. The van der Waals surface area contributed by atoms with Crippen molar-refractivity contribution in [3.05, 3.63) is 12.2 Å². The van der Waals surface area contributed by atoms with Gasteiger partial charge in [-0.2, -0.15) is 11.8 Å². The van der Waals surface area contributed by atoms with E-state index in [-0.39, 0.29) is 6.29 Å². The summed E-state index contributed by atoms with van der Waals surface area (Å²) >= 11 is 1.85. The largest absolute Gasteiger partial charge is 0.352 e. The van der Waals surface area contributed by atoms with E-state index in [2.05, 4.69) is 0 Å². The Morgan fingerprint density at radius 2 is 2.58 bits per heavy atom. The molecule has 0 saturated carbocycles. The highest BCUT2D eigenvalue weighted by molar-refractivity contribution is 7.99. The molecule has 1 spiro atoms. The van der Waals surface area contributed by atoms with E-state index >= 15 is 0 Å². The lowest BCUT2D eigenvalue weighted by molar-refractivity contribution is -0.240. The Hall–Kier alpha value is -0.0300. The first-order valence-electron chi connectivity index (χ1n) is 3.96. The summed E-state index contributed by atoms with van der Waals surface area (Å²) < 4.78 is 16.2. The van der Waals surface area contributed by atoms with E-state index in [4.69, 9.17) is 14.2 Å². The second-order valence-corrected chi connectivity index (χ2v) is 3.90. The Morgan fingerprint density at radius 3 is 3.17 bits per heavy atom. The molecule has 2 atom stereocenters. The zero-order valence-electron chi connectivity index (χ0n) is 6.99. The van der Waals surface area contributed by atoms with Crippen LogP contribution in [0.15, 0.2) is 12.2 Å². The highest BCUT2D eigenvalue weighted by atomic mass is 32.2. The van der Waals surface area contributed by atoms with Gasteiger partial charge in [0.1, 0.15) is 0 Å². The first-order chi connectivity index (χ1) is 5.85. The van der Waals surface area contributed by atoms with Gasteiger partial charge in [0.2, 0.25) is 0 Å². The van der Waals surface area contributed by atoms with Crippen molar-refractivity contribution in [1.82, 2.24) is 0 Å². The van der Waals surface area contributed by atoms with Gasteiger partial charge >= 0.3 is 0 Å². The summed E-state index contributed by atoms with van der Waals surface area (Å²) in [5.41, 5.74) is 0. The van der Waals surface area contributed by atoms with Crippen LogP contribution in [0.5, 0.6) is 0 Å². The quantitative estimate of drug-likeness (QED) is 0.574. The summed E-state index contributed by atoms with van der Waals surface area (Å²) in [5.74, 6) is 1.42. The van der Waals surface area contributed by atoms with Crippen LogP contribution in [-0.2, 0) is 14.2 Å². The molecule has 0 aromatic heterocycles. The topological polar surface area (TPSA) is 27.7 Å². The Balaban J connectivity index is 1.99. The van der Waals surface area contributed by atoms with Crippen LogP contribution in [0.3, 0.4) is 0 Å². The van der Waals surface area contributed by atoms with Crippen LogP contribution < -0.4 is 0 Å². The molecule has 1 fully saturated rings. The minimum absolute atomic E-state index is 0.233. The summed E-state index contributed by atoms with van der Waals surface area (Å²) in [6.45, 7) is 0.755. The van der Waals surface area contributed by atoms with E-state index in [0.717, 1.165) is 18.1 Å². The molecule has 0 aromatic rings. The maximum absolute atomic E-state index is 5.56. The number of methoxy groups -OCH3 is 1. The third kappa shape index (κ3) is 1.52. The molecule has 3 nitrogen and oxygen atoms in total. The highest BCUT2D eigenvalue weighted by Crippen LogP contribution is 2.32. The minimum Gasteiger partial charge on any atom is -0.352 e. The maximum atomic E-state index is 5.56. The lowest BCUT2D eigenvalue weighted by Gasteiger charge is -2.31. The van der Waals surface area contributed by atoms with E-state index in [1.54, 1.807) is 7.11 Å². The molecule has 12 heavy (non-hydrogen) atoms. The molecule has 2 unspecified atom stereocenters. The monoisotopic (exact) mass is 188 g/mol. The van der Waals surface area contributed by atoms with E-state index in [9.17, 15) is 0 Å². The molecule has 2 aliphatic heterocycles. The fraction of sp³-hybridized carbons (Fsp3) is 0.750. The average Bonchev–Trinajstić information content (AvgIpc) is 2.50. The first kappa shape index (κ1) is 8.56. The molecule has 2 rings (SSSR count). The number of thioether (sulfide) groups is 1. The molecule has 2 heterocycles. The third-order valence-electron chi connectivity index (χ3n) is 1.93. The second-order valence-electron chi connectivity index (χ2n) is 2.79. The molecule has 4 heteroatoms. The van der Waals surface area contributed by atoms with Crippen molar-refractivity contribution in [3.63, 3.8) is 0 Å². The van der Waals surface area contributed by atoms with Crippen molar-refractivity contribution in [2.24, 2.45) is 0 Å². The Morgan fingerprint density at radius 1 is 1.67 bits per heavy atom. The summed E-state index contributed by atoms with van der Waals surface area (Å²) in [5, 5.41) is 0. The fourth-order valence-corrected chi connectivity index (χ4v) is 2.20. The lowest BCUT2D eigenvalue weighted by Crippen LogP contribution is -2.39. The Bertz CT molecular complexity index is 187. The minimum atomic E-state index is -0.496. The van der Waals surface area contributed by atoms with Gasteiger partial charge in [0.15, 0.2) is 12.1 Å². The van der Waals surface area contributed by atoms with Gasteiger partial charge in [0.25, 0.3) is 0 Å². The van der Waals surface area contributed by atoms with Gasteiger partial charge in [0.05, 0.1) is 12.4 Å². The van der Waals surface area contributed by atoms with Crippen LogP contribution >= 0.6 is 11.8 Å².